The average molecular weight is 415 g/mol. The van der Waals surface area contributed by atoms with Crippen LogP contribution in [0.15, 0.2) is 66.7 Å². The molecule has 0 aliphatic carbocycles. The van der Waals surface area contributed by atoms with Gasteiger partial charge in [0.15, 0.2) is 5.78 Å². The molecule has 0 amide bonds. The first kappa shape index (κ1) is 22.4. The number of hydrogen-bond acceptors (Lipinski definition) is 3. The third kappa shape index (κ3) is 5.64. The van der Waals surface area contributed by atoms with Crippen LogP contribution >= 0.6 is 0 Å². The molecular weight excluding hydrogens is 384 g/mol. The van der Waals surface area contributed by atoms with Crippen LogP contribution in [0.1, 0.15) is 57.9 Å². The van der Waals surface area contributed by atoms with Gasteiger partial charge in [0.1, 0.15) is 18.1 Å². The molecule has 3 nitrogen and oxygen atoms in total. The van der Waals surface area contributed by atoms with Crippen LogP contribution in [-0.2, 0) is 6.61 Å². The minimum Gasteiger partial charge on any atom is -0.496 e. The Hall–Kier alpha value is -3.33. The fourth-order valence-electron chi connectivity index (χ4n) is 3.49. The van der Waals surface area contributed by atoms with Crippen molar-refractivity contribution in [2.75, 3.05) is 7.11 Å². The van der Waals surface area contributed by atoms with E-state index in [9.17, 15) is 4.79 Å². The lowest BCUT2D eigenvalue weighted by molar-refractivity contribution is 0.104. The van der Waals surface area contributed by atoms with Crippen LogP contribution in [-0.4, -0.2) is 12.9 Å². The number of hydrogen-bond donors (Lipinski definition) is 0. The number of para-hydroxylation sites is 1. The van der Waals surface area contributed by atoms with Gasteiger partial charge in [-0.25, -0.2) is 0 Å². The zero-order valence-corrected chi connectivity index (χ0v) is 18.9. The van der Waals surface area contributed by atoms with Crippen molar-refractivity contribution in [2.45, 2.75) is 40.2 Å². The number of allylic oxidation sites excluding steroid dienone is 1. The van der Waals surface area contributed by atoms with Gasteiger partial charge in [-0.15, -0.1) is 0 Å². The molecule has 0 heterocycles. The van der Waals surface area contributed by atoms with Crippen molar-refractivity contribution in [3.8, 4) is 11.5 Å². The Morgan fingerprint density at radius 1 is 0.968 bits per heavy atom. The molecule has 0 unspecified atom stereocenters. The van der Waals surface area contributed by atoms with E-state index in [-0.39, 0.29) is 5.78 Å². The predicted octanol–water partition coefficient (Wildman–Crippen LogP) is 6.91. The molecule has 0 fully saturated rings. The van der Waals surface area contributed by atoms with E-state index in [1.807, 2.05) is 80.6 Å². The fourth-order valence-corrected chi connectivity index (χ4v) is 3.49. The van der Waals surface area contributed by atoms with E-state index in [1.165, 1.54) is 5.56 Å². The molecule has 0 aromatic heterocycles. The van der Waals surface area contributed by atoms with Crippen molar-refractivity contribution in [2.24, 2.45) is 0 Å². The molecule has 0 spiro atoms. The molecule has 3 aromatic carbocycles. The van der Waals surface area contributed by atoms with Crippen LogP contribution < -0.4 is 9.47 Å². The summed E-state index contributed by atoms with van der Waals surface area (Å²) in [6.07, 6.45) is 3.45. The van der Waals surface area contributed by atoms with Gasteiger partial charge in [0.25, 0.3) is 0 Å². The molecule has 0 N–H and O–H groups in total. The number of ketones is 1. The molecule has 0 saturated heterocycles. The first-order valence-corrected chi connectivity index (χ1v) is 10.6. The van der Waals surface area contributed by atoms with Gasteiger partial charge >= 0.3 is 0 Å². The topological polar surface area (TPSA) is 35.5 Å². The van der Waals surface area contributed by atoms with Gasteiger partial charge in [0.05, 0.1) is 7.11 Å². The van der Waals surface area contributed by atoms with Gasteiger partial charge in [-0.05, 0) is 60.2 Å². The van der Waals surface area contributed by atoms with Crippen LogP contribution in [0.5, 0.6) is 11.5 Å². The lowest BCUT2D eigenvalue weighted by atomic mass is 10.00. The molecule has 31 heavy (non-hydrogen) atoms. The Bertz CT molecular complexity index is 1060. The number of aryl methyl sites for hydroxylation is 2. The maximum atomic E-state index is 12.6. The molecule has 3 heteroatoms. The van der Waals surface area contributed by atoms with Crippen LogP contribution in [0.4, 0.5) is 0 Å². The molecule has 0 saturated carbocycles. The van der Waals surface area contributed by atoms with Crippen LogP contribution in [0, 0.1) is 13.8 Å². The Morgan fingerprint density at radius 3 is 2.26 bits per heavy atom. The Kier molecular flexibility index (Phi) is 7.30. The second kappa shape index (κ2) is 10.1. The van der Waals surface area contributed by atoms with E-state index in [2.05, 4.69) is 13.8 Å². The van der Waals surface area contributed by atoms with Crippen molar-refractivity contribution in [3.05, 3.63) is 100 Å². The lowest BCUT2D eigenvalue weighted by Gasteiger charge is -2.14. The van der Waals surface area contributed by atoms with Crippen LogP contribution in [0.2, 0.25) is 0 Å². The zero-order chi connectivity index (χ0) is 22.4. The zero-order valence-electron chi connectivity index (χ0n) is 18.9. The first-order chi connectivity index (χ1) is 14.9. The third-order valence-electron chi connectivity index (χ3n) is 5.37. The molecule has 0 atom stereocenters. The van der Waals surface area contributed by atoms with Crippen molar-refractivity contribution in [1.29, 1.82) is 0 Å². The average Bonchev–Trinajstić information content (AvgIpc) is 2.77. The third-order valence-corrected chi connectivity index (χ3v) is 5.37. The highest BCUT2D eigenvalue weighted by Gasteiger charge is 2.09. The highest BCUT2D eigenvalue weighted by atomic mass is 16.5. The summed E-state index contributed by atoms with van der Waals surface area (Å²) in [5, 5.41) is 0. The van der Waals surface area contributed by atoms with E-state index in [4.69, 9.17) is 9.47 Å². The maximum Gasteiger partial charge on any atom is 0.185 e. The standard InChI is InChI=1S/C28H30O3/c1-19(2)23-11-13-24(14-12-23)26(29)15-9-22-10-16-27(30-5)25(17-22)18-31-28-20(3)7-6-8-21(28)4/h6-17,19H,18H2,1-5H3/b15-9+. The normalized spacial score (nSPS) is 11.2. The maximum absolute atomic E-state index is 12.6. The number of methoxy groups -OCH3 is 1. The van der Waals surface area contributed by atoms with Gasteiger partial charge in [-0.2, -0.15) is 0 Å². The summed E-state index contributed by atoms with van der Waals surface area (Å²) in [5.41, 5.74) is 5.97. The molecule has 0 aliphatic heterocycles. The van der Waals surface area contributed by atoms with E-state index in [0.29, 0.717) is 18.1 Å². The SMILES string of the molecule is COc1ccc(/C=C/C(=O)c2ccc(C(C)C)cc2)cc1COc1c(C)cccc1C. The quantitative estimate of drug-likeness (QED) is 0.297. The van der Waals surface area contributed by atoms with Gasteiger partial charge in [-0.3, -0.25) is 4.79 Å². The smallest absolute Gasteiger partial charge is 0.185 e. The monoisotopic (exact) mass is 414 g/mol. The number of rotatable bonds is 8. The fraction of sp³-hybridized carbons (Fsp3) is 0.250. The van der Waals surface area contributed by atoms with E-state index >= 15 is 0 Å². The molecule has 160 valence electrons. The molecule has 3 aromatic rings. The summed E-state index contributed by atoms with van der Waals surface area (Å²) in [4.78, 5) is 12.6. The van der Waals surface area contributed by atoms with Crippen molar-refractivity contribution >= 4 is 11.9 Å². The van der Waals surface area contributed by atoms with E-state index in [1.54, 1.807) is 13.2 Å². The Morgan fingerprint density at radius 2 is 1.65 bits per heavy atom. The lowest BCUT2D eigenvalue weighted by Crippen LogP contribution is -2.01. The summed E-state index contributed by atoms with van der Waals surface area (Å²) < 4.78 is 11.6. The highest BCUT2D eigenvalue weighted by Crippen LogP contribution is 2.27. The summed E-state index contributed by atoms with van der Waals surface area (Å²) >= 11 is 0. The second-order valence-electron chi connectivity index (χ2n) is 8.06. The van der Waals surface area contributed by atoms with Crippen molar-refractivity contribution < 1.29 is 14.3 Å². The first-order valence-electron chi connectivity index (χ1n) is 10.6. The van der Waals surface area contributed by atoms with E-state index < -0.39 is 0 Å². The number of benzene rings is 3. The Balaban J connectivity index is 1.75. The van der Waals surface area contributed by atoms with Gasteiger partial charge < -0.3 is 9.47 Å². The summed E-state index contributed by atoms with van der Waals surface area (Å²) in [6.45, 7) is 8.75. The summed E-state index contributed by atoms with van der Waals surface area (Å²) in [6, 6.07) is 19.8. The number of carbonyl (C=O) groups is 1. The van der Waals surface area contributed by atoms with Gasteiger partial charge in [0.2, 0.25) is 0 Å². The second-order valence-corrected chi connectivity index (χ2v) is 8.06. The minimum atomic E-state index is -0.0144. The van der Waals surface area contributed by atoms with Crippen molar-refractivity contribution in [3.63, 3.8) is 0 Å². The van der Waals surface area contributed by atoms with Gasteiger partial charge in [0, 0.05) is 11.1 Å². The van der Waals surface area contributed by atoms with Crippen LogP contribution in [0.3, 0.4) is 0 Å². The molecule has 0 radical (unpaired) electrons. The Labute approximate surface area is 185 Å². The predicted molar refractivity (Wildman–Crippen MR) is 127 cm³/mol. The van der Waals surface area contributed by atoms with Crippen LogP contribution in [0.25, 0.3) is 6.08 Å². The van der Waals surface area contributed by atoms with Gasteiger partial charge in [-0.1, -0.05) is 68.5 Å². The number of ether oxygens (including phenoxy) is 2. The summed E-state index contributed by atoms with van der Waals surface area (Å²) in [5.74, 6) is 2.09. The minimum absolute atomic E-state index is 0.0144. The molecule has 3 rings (SSSR count). The number of carbonyl (C=O) groups excluding carboxylic acids is 1. The highest BCUT2D eigenvalue weighted by molar-refractivity contribution is 6.06. The summed E-state index contributed by atoms with van der Waals surface area (Å²) in [7, 11) is 1.65. The van der Waals surface area contributed by atoms with Crippen molar-refractivity contribution in [1.82, 2.24) is 0 Å². The molecule has 0 bridgehead atoms. The van der Waals surface area contributed by atoms with E-state index in [0.717, 1.165) is 33.8 Å². The molecular formula is C28H30O3. The largest absolute Gasteiger partial charge is 0.496 e. The molecule has 0 aliphatic rings.